The van der Waals surface area contributed by atoms with Crippen molar-refractivity contribution in [1.29, 1.82) is 0 Å². The van der Waals surface area contributed by atoms with Gasteiger partial charge in [-0.1, -0.05) is 54.1 Å². The number of aromatic nitrogens is 1. The number of nitrogens with one attached hydrogen (secondary N) is 2. The second-order valence-corrected chi connectivity index (χ2v) is 5.99. The molecule has 130 valence electrons. The summed E-state index contributed by atoms with van der Waals surface area (Å²) in [4.78, 5) is 28.9. The number of amides is 2. The Kier molecular flexibility index (Phi) is 5.29. The molecule has 0 saturated carbocycles. The van der Waals surface area contributed by atoms with E-state index in [1.165, 1.54) is 0 Å². The molecule has 0 fully saturated rings. The Morgan fingerprint density at radius 2 is 1.42 bits per heavy atom. The van der Waals surface area contributed by atoms with E-state index in [-0.39, 0.29) is 5.56 Å². The lowest BCUT2D eigenvalue weighted by Gasteiger charge is -2.10. The fourth-order valence-electron chi connectivity index (χ4n) is 2.46. The van der Waals surface area contributed by atoms with Crippen LogP contribution in [0.15, 0.2) is 66.7 Å². The maximum Gasteiger partial charge on any atom is 0.271 e. The molecule has 3 rings (SSSR count). The number of carbonyl (C=O) groups is 2. The van der Waals surface area contributed by atoms with Crippen LogP contribution in [0.4, 0.5) is 0 Å². The Morgan fingerprint density at radius 1 is 0.808 bits per heavy atom. The van der Waals surface area contributed by atoms with E-state index in [1.54, 1.807) is 43.3 Å². The molecule has 0 atom stereocenters. The predicted octanol–water partition coefficient (Wildman–Crippen LogP) is 3.79. The molecule has 5 nitrogen and oxygen atoms in total. The molecular formula is C20H16ClN3O2. The first kappa shape index (κ1) is 17.6. The fourth-order valence-corrected chi connectivity index (χ4v) is 2.69. The quantitative estimate of drug-likeness (QED) is 0.694. The first-order valence-corrected chi connectivity index (χ1v) is 8.32. The van der Waals surface area contributed by atoms with Crippen LogP contribution >= 0.6 is 11.6 Å². The number of halogens is 1. The van der Waals surface area contributed by atoms with Crippen molar-refractivity contribution in [3.63, 3.8) is 0 Å². The second-order valence-electron chi connectivity index (χ2n) is 5.58. The number of aryl methyl sites for hydroxylation is 1. The lowest BCUT2D eigenvalue weighted by atomic mass is 10.1. The van der Waals surface area contributed by atoms with Crippen molar-refractivity contribution in [2.45, 2.75) is 6.92 Å². The first-order chi connectivity index (χ1) is 12.6. The Morgan fingerprint density at radius 3 is 2.08 bits per heavy atom. The number of hydrogen-bond donors (Lipinski definition) is 2. The molecule has 1 heterocycles. The Bertz CT molecular complexity index is 958. The fraction of sp³-hybridized carbons (Fsp3) is 0.0500. The van der Waals surface area contributed by atoms with Gasteiger partial charge in [0.1, 0.15) is 0 Å². The third kappa shape index (κ3) is 3.90. The van der Waals surface area contributed by atoms with Crippen molar-refractivity contribution in [1.82, 2.24) is 15.8 Å². The van der Waals surface area contributed by atoms with E-state index >= 15 is 0 Å². The van der Waals surface area contributed by atoms with Crippen LogP contribution in [-0.2, 0) is 0 Å². The molecule has 0 unspecified atom stereocenters. The first-order valence-electron chi connectivity index (χ1n) is 7.94. The molecule has 1 aromatic heterocycles. The van der Waals surface area contributed by atoms with E-state index in [1.807, 2.05) is 30.3 Å². The van der Waals surface area contributed by atoms with Gasteiger partial charge in [-0.3, -0.25) is 25.4 Å². The molecule has 0 aliphatic heterocycles. The van der Waals surface area contributed by atoms with Gasteiger partial charge < -0.3 is 0 Å². The van der Waals surface area contributed by atoms with Crippen LogP contribution in [0.1, 0.15) is 26.4 Å². The molecule has 0 saturated heterocycles. The van der Waals surface area contributed by atoms with Crippen molar-refractivity contribution in [2.75, 3.05) is 0 Å². The molecule has 0 aliphatic carbocycles. The summed E-state index contributed by atoms with van der Waals surface area (Å²) in [5, 5.41) is 0.310. The van der Waals surface area contributed by atoms with Crippen LogP contribution in [0.5, 0.6) is 0 Å². The average Bonchev–Trinajstić information content (AvgIpc) is 2.67. The van der Waals surface area contributed by atoms with Gasteiger partial charge in [0.25, 0.3) is 11.8 Å². The van der Waals surface area contributed by atoms with Crippen LogP contribution in [0.2, 0.25) is 5.02 Å². The maximum atomic E-state index is 12.3. The Balaban J connectivity index is 1.70. The SMILES string of the molecule is Cc1nc(-c2ccccc2)ccc1C(=O)NNC(=O)c1ccccc1Cl. The van der Waals surface area contributed by atoms with E-state index < -0.39 is 11.8 Å². The summed E-state index contributed by atoms with van der Waals surface area (Å²) in [6.07, 6.45) is 0. The highest BCUT2D eigenvalue weighted by molar-refractivity contribution is 6.33. The number of hydrazine groups is 1. The maximum absolute atomic E-state index is 12.3. The predicted molar refractivity (Wildman–Crippen MR) is 101 cm³/mol. The van der Waals surface area contributed by atoms with E-state index in [9.17, 15) is 9.59 Å². The normalized spacial score (nSPS) is 10.2. The molecule has 26 heavy (non-hydrogen) atoms. The molecule has 6 heteroatoms. The second kappa shape index (κ2) is 7.80. The van der Waals surface area contributed by atoms with Crippen LogP contribution in [0.25, 0.3) is 11.3 Å². The van der Waals surface area contributed by atoms with E-state index in [2.05, 4.69) is 15.8 Å². The number of hydrogen-bond acceptors (Lipinski definition) is 3. The highest BCUT2D eigenvalue weighted by Crippen LogP contribution is 2.18. The zero-order valence-electron chi connectivity index (χ0n) is 14.0. The van der Waals surface area contributed by atoms with Gasteiger partial charge >= 0.3 is 0 Å². The van der Waals surface area contributed by atoms with Crippen molar-refractivity contribution >= 4 is 23.4 Å². The largest absolute Gasteiger partial charge is 0.271 e. The molecular weight excluding hydrogens is 350 g/mol. The van der Waals surface area contributed by atoms with E-state index in [4.69, 9.17) is 11.6 Å². The summed E-state index contributed by atoms with van der Waals surface area (Å²) in [6.45, 7) is 1.75. The topological polar surface area (TPSA) is 71.1 Å². The third-order valence-corrected chi connectivity index (χ3v) is 4.14. The third-order valence-electron chi connectivity index (χ3n) is 3.81. The highest BCUT2D eigenvalue weighted by atomic mass is 35.5. The van der Waals surface area contributed by atoms with Crippen molar-refractivity contribution in [3.8, 4) is 11.3 Å². The average molecular weight is 366 g/mol. The molecule has 0 radical (unpaired) electrons. The smallest absolute Gasteiger partial charge is 0.267 e. The number of pyridine rings is 1. The summed E-state index contributed by atoms with van der Waals surface area (Å²) in [6, 6.07) is 19.7. The molecule has 0 spiro atoms. The molecule has 0 aliphatic rings. The number of rotatable bonds is 3. The summed E-state index contributed by atoms with van der Waals surface area (Å²) in [5.41, 5.74) is 7.72. The standard InChI is InChI=1S/C20H16ClN3O2/c1-13-15(11-12-18(22-13)14-7-3-2-4-8-14)19(25)23-24-20(26)16-9-5-6-10-17(16)21/h2-12H,1H3,(H,23,25)(H,24,26). The molecule has 3 aromatic rings. The highest BCUT2D eigenvalue weighted by Gasteiger charge is 2.14. The minimum atomic E-state index is -0.490. The lowest BCUT2D eigenvalue weighted by molar-refractivity contribution is 0.0846. The summed E-state index contributed by atoms with van der Waals surface area (Å²) < 4.78 is 0. The van der Waals surface area contributed by atoms with Gasteiger partial charge in [-0.05, 0) is 31.2 Å². The molecule has 2 amide bonds. The Hall–Kier alpha value is -3.18. The summed E-state index contributed by atoms with van der Waals surface area (Å²) in [5.74, 6) is -0.939. The number of carbonyl (C=O) groups excluding carboxylic acids is 2. The van der Waals surface area contributed by atoms with Gasteiger partial charge in [0.05, 0.1) is 27.5 Å². The monoisotopic (exact) mass is 365 g/mol. The summed E-state index contributed by atoms with van der Waals surface area (Å²) in [7, 11) is 0. The van der Waals surface area contributed by atoms with Crippen molar-refractivity contribution in [3.05, 3.63) is 88.6 Å². The van der Waals surface area contributed by atoms with Gasteiger partial charge in [-0.25, -0.2) is 0 Å². The molecule has 2 N–H and O–H groups in total. The zero-order chi connectivity index (χ0) is 18.5. The number of nitrogens with zero attached hydrogens (tertiary/aromatic N) is 1. The van der Waals surface area contributed by atoms with Crippen LogP contribution in [-0.4, -0.2) is 16.8 Å². The van der Waals surface area contributed by atoms with Gasteiger partial charge in [0, 0.05) is 5.56 Å². The zero-order valence-corrected chi connectivity index (χ0v) is 14.7. The van der Waals surface area contributed by atoms with Crippen LogP contribution in [0, 0.1) is 6.92 Å². The minimum absolute atomic E-state index is 0.281. The van der Waals surface area contributed by atoms with Gasteiger partial charge in [-0.2, -0.15) is 0 Å². The van der Waals surface area contributed by atoms with E-state index in [0.29, 0.717) is 16.3 Å². The number of benzene rings is 2. The molecule has 2 aromatic carbocycles. The molecule has 0 bridgehead atoms. The van der Waals surface area contributed by atoms with Gasteiger partial charge in [-0.15, -0.1) is 0 Å². The van der Waals surface area contributed by atoms with Gasteiger partial charge in [0.15, 0.2) is 0 Å². The van der Waals surface area contributed by atoms with Crippen molar-refractivity contribution in [2.24, 2.45) is 0 Å². The van der Waals surface area contributed by atoms with Crippen molar-refractivity contribution < 1.29 is 9.59 Å². The minimum Gasteiger partial charge on any atom is -0.267 e. The lowest BCUT2D eigenvalue weighted by Crippen LogP contribution is -2.42. The van der Waals surface area contributed by atoms with Crippen LogP contribution in [0.3, 0.4) is 0 Å². The Labute approximate surface area is 156 Å². The van der Waals surface area contributed by atoms with Gasteiger partial charge in [0.2, 0.25) is 0 Å². The summed E-state index contributed by atoms with van der Waals surface area (Å²) >= 11 is 5.97. The van der Waals surface area contributed by atoms with Crippen LogP contribution < -0.4 is 10.9 Å². The van der Waals surface area contributed by atoms with E-state index in [0.717, 1.165) is 11.3 Å².